The number of Topliss-reactive ketones (excluding diaryl/α,β-unsaturated/α-hetero) is 2. The van der Waals surface area contributed by atoms with Crippen LogP contribution in [0.4, 0.5) is 0 Å². The molecule has 106 valence electrons. The van der Waals surface area contributed by atoms with Crippen LogP contribution in [0.5, 0.6) is 0 Å². The van der Waals surface area contributed by atoms with E-state index in [9.17, 15) is 9.59 Å². The highest BCUT2D eigenvalue weighted by Crippen LogP contribution is 2.62. The van der Waals surface area contributed by atoms with Crippen molar-refractivity contribution in [3.63, 3.8) is 0 Å². The monoisotopic (exact) mass is 262 g/mol. The van der Waals surface area contributed by atoms with E-state index in [0.717, 1.165) is 32.1 Å². The molecule has 0 spiro atoms. The standard InChI is InChI=1S/C17H26O2/c1-10-12-8-9-17(3)14(11(2)18)5-6-15(17)13(12)4-7-16(10)19/h10,12-15H,4-9H2,1-3H3/t10-,12+,13-,14+,15-,17+/m1/s1. The molecule has 2 heteroatoms. The van der Waals surface area contributed by atoms with Crippen molar-refractivity contribution in [3.05, 3.63) is 0 Å². The van der Waals surface area contributed by atoms with Crippen molar-refractivity contribution in [2.45, 2.75) is 59.3 Å². The molecule has 3 aliphatic rings. The number of rotatable bonds is 1. The van der Waals surface area contributed by atoms with Crippen molar-refractivity contribution < 1.29 is 9.59 Å². The van der Waals surface area contributed by atoms with Crippen LogP contribution in [0.15, 0.2) is 0 Å². The number of carbonyl (C=O) groups is 2. The van der Waals surface area contributed by atoms with Gasteiger partial charge in [-0.3, -0.25) is 9.59 Å². The maximum atomic E-state index is 11.9. The average molecular weight is 262 g/mol. The lowest BCUT2D eigenvalue weighted by Gasteiger charge is -2.51. The molecule has 6 atom stereocenters. The number of ketones is 2. The summed E-state index contributed by atoms with van der Waals surface area (Å²) in [5, 5.41) is 0. The number of carbonyl (C=O) groups excluding carboxylic acids is 2. The minimum atomic E-state index is 0.229. The van der Waals surface area contributed by atoms with Crippen molar-refractivity contribution >= 4 is 11.6 Å². The molecular formula is C17H26O2. The van der Waals surface area contributed by atoms with E-state index in [2.05, 4.69) is 13.8 Å². The van der Waals surface area contributed by atoms with Crippen LogP contribution >= 0.6 is 0 Å². The first-order chi connectivity index (χ1) is 8.95. The van der Waals surface area contributed by atoms with Gasteiger partial charge in [-0.2, -0.15) is 0 Å². The van der Waals surface area contributed by atoms with E-state index >= 15 is 0 Å². The summed E-state index contributed by atoms with van der Waals surface area (Å²) in [6, 6.07) is 0. The van der Waals surface area contributed by atoms with Crippen LogP contribution in [0.3, 0.4) is 0 Å². The molecule has 0 saturated heterocycles. The normalized spacial score (nSPS) is 49.6. The summed E-state index contributed by atoms with van der Waals surface area (Å²) in [4.78, 5) is 23.9. The van der Waals surface area contributed by atoms with Crippen molar-refractivity contribution in [2.75, 3.05) is 0 Å². The van der Waals surface area contributed by atoms with Gasteiger partial charge in [0.05, 0.1) is 0 Å². The molecule has 0 aromatic heterocycles. The lowest BCUT2D eigenvalue weighted by molar-refractivity contribution is -0.135. The van der Waals surface area contributed by atoms with Gasteiger partial charge in [0.15, 0.2) is 0 Å². The Hall–Kier alpha value is -0.660. The highest BCUT2D eigenvalue weighted by Gasteiger charge is 2.56. The molecule has 0 N–H and O–H groups in total. The van der Waals surface area contributed by atoms with Crippen LogP contribution in [0, 0.1) is 35.0 Å². The number of fused-ring (bicyclic) bond motifs is 3. The molecule has 0 amide bonds. The van der Waals surface area contributed by atoms with Gasteiger partial charge in [-0.25, -0.2) is 0 Å². The van der Waals surface area contributed by atoms with E-state index in [4.69, 9.17) is 0 Å². The van der Waals surface area contributed by atoms with Gasteiger partial charge in [-0.15, -0.1) is 0 Å². The van der Waals surface area contributed by atoms with Crippen LogP contribution in [0.2, 0.25) is 0 Å². The first kappa shape index (κ1) is 13.3. The molecule has 0 heterocycles. The topological polar surface area (TPSA) is 34.1 Å². The third kappa shape index (κ3) is 1.82. The summed E-state index contributed by atoms with van der Waals surface area (Å²) in [5.41, 5.74) is 0.229. The second-order valence-corrected chi connectivity index (χ2v) is 7.51. The van der Waals surface area contributed by atoms with Crippen LogP contribution in [-0.2, 0) is 9.59 Å². The molecule has 3 saturated carbocycles. The van der Waals surface area contributed by atoms with E-state index < -0.39 is 0 Å². The van der Waals surface area contributed by atoms with Crippen LogP contribution in [0.1, 0.15) is 59.3 Å². The van der Waals surface area contributed by atoms with Crippen molar-refractivity contribution in [2.24, 2.45) is 35.0 Å². The van der Waals surface area contributed by atoms with Gasteiger partial charge in [-0.1, -0.05) is 13.8 Å². The first-order valence-electron chi connectivity index (χ1n) is 7.98. The first-order valence-corrected chi connectivity index (χ1v) is 7.98. The number of hydrogen-bond acceptors (Lipinski definition) is 2. The second-order valence-electron chi connectivity index (χ2n) is 7.51. The molecule has 0 aromatic carbocycles. The summed E-state index contributed by atoms with van der Waals surface area (Å²) in [6.45, 7) is 6.27. The van der Waals surface area contributed by atoms with Gasteiger partial charge in [0.1, 0.15) is 11.6 Å². The van der Waals surface area contributed by atoms with E-state index in [-0.39, 0.29) is 17.3 Å². The maximum Gasteiger partial charge on any atom is 0.135 e. The van der Waals surface area contributed by atoms with Gasteiger partial charge in [0.25, 0.3) is 0 Å². The van der Waals surface area contributed by atoms with Crippen LogP contribution in [0.25, 0.3) is 0 Å². The van der Waals surface area contributed by atoms with Crippen LogP contribution < -0.4 is 0 Å². The fourth-order valence-electron chi connectivity index (χ4n) is 5.80. The van der Waals surface area contributed by atoms with E-state index in [1.54, 1.807) is 6.92 Å². The van der Waals surface area contributed by atoms with Gasteiger partial charge in [0.2, 0.25) is 0 Å². The Labute approximate surface area is 116 Å². The molecule has 19 heavy (non-hydrogen) atoms. The summed E-state index contributed by atoms with van der Waals surface area (Å²) in [7, 11) is 0. The van der Waals surface area contributed by atoms with E-state index in [0.29, 0.717) is 29.3 Å². The lowest BCUT2D eigenvalue weighted by Crippen LogP contribution is -2.47. The smallest absolute Gasteiger partial charge is 0.135 e. The molecule has 2 nitrogen and oxygen atoms in total. The Morgan fingerprint density at radius 1 is 1.16 bits per heavy atom. The SMILES string of the molecule is CC(=O)[C@@H]1CC[C@@H]2[C@@H]3CCC(=O)[C@H](C)[C@@H]3CC[C@]21C. The quantitative estimate of drug-likeness (QED) is 0.723. The summed E-state index contributed by atoms with van der Waals surface area (Å²) in [5.74, 6) is 3.41. The fourth-order valence-corrected chi connectivity index (χ4v) is 5.80. The number of hydrogen-bond donors (Lipinski definition) is 0. The average Bonchev–Trinajstić information content (AvgIpc) is 2.71. The minimum Gasteiger partial charge on any atom is -0.300 e. The third-order valence-corrected chi connectivity index (χ3v) is 6.86. The summed E-state index contributed by atoms with van der Waals surface area (Å²) in [6.07, 6.45) is 6.47. The molecule has 3 fully saturated rings. The fraction of sp³-hybridized carbons (Fsp3) is 0.882. The largest absolute Gasteiger partial charge is 0.300 e. The van der Waals surface area contributed by atoms with Crippen molar-refractivity contribution in [1.29, 1.82) is 0 Å². The van der Waals surface area contributed by atoms with Crippen molar-refractivity contribution in [1.82, 2.24) is 0 Å². The van der Waals surface area contributed by atoms with Crippen molar-refractivity contribution in [3.8, 4) is 0 Å². The predicted octanol–water partition coefficient (Wildman–Crippen LogP) is 3.63. The van der Waals surface area contributed by atoms with E-state index in [1.807, 2.05) is 0 Å². The van der Waals surface area contributed by atoms with Gasteiger partial charge in [0, 0.05) is 18.3 Å². The Kier molecular flexibility index (Phi) is 3.11. The van der Waals surface area contributed by atoms with Gasteiger partial charge < -0.3 is 0 Å². The zero-order chi connectivity index (χ0) is 13.8. The third-order valence-electron chi connectivity index (χ3n) is 6.86. The van der Waals surface area contributed by atoms with Gasteiger partial charge in [-0.05, 0) is 62.2 Å². The van der Waals surface area contributed by atoms with E-state index in [1.165, 1.54) is 6.42 Å². The molecule has 0 unspecified atom stereocenters. The Morgan fingerprint density at radius 2 is 1.89 bits per heavy atom. The minimum absolute atomic E-state index is 0.229. The highest BCUT2D eigenvalue weighted by molar-refractivity contribution is 5.82. The predicted molar refractivity (Wildman–Crippen MR) is 74.6 cm³/mol. The zero-order valence-corrected chi connectivity index (χ0v) is 12.4. The zero-order valence-electron chi connectivity index (χ0n) is 12.4. The molecule has 0 aromatic rings. The lowest BCUT2D eigenvalue weighted by atomic mass is 9.53. The van der Waals surface area contributed by atoms with Gasteiger partial charge >= 0.3 is 0 Å². The molecular weight excluding hydrogens is 236 g/mol. The summed E-state index contributed by atoms with van der Waals surface area (Å²) < 4.78 is 0. The molecule has 0 radical (unpaired) electrons. The molecule has 3 aliphatic carbocycles. The maximum absolute atomic E-state index is 11.9. The van der Waals surface area contributed by atoms with Crippen LogP contribution in [-0.4, -0.2) is 11.6 Å². The Balaban J connectivity index is 1.88. The molecule has 3 rings (SSSR count). The molecule has 0 bridgehead atoms. The summed E-state index contributed by atoms with van der Waals surface area (Å²) >= 11 is 0. The Morgan fingerprint density at radius 3 is 2.58 bits per heavy atom. The molecule has 0 aliphatic heterocycles. The highest BCUT2D eigenvalue weighted by atomic mass is 16.1. The Bertz CT molecular complexity index is 413. The second kappa shape index (κ2) is 4.43.